The summed E-state index contributed by atoms with van der Waals surface area (Å²) in [5.74, 6) is 0.576. The van der Waals surface area contributed by atoms with Gasteiger partial charge in [0.25, 0.3) is 0 Å². The average Bonchev–Trinajstić information content (AvgIpc) is 2.89. The molecule has 3 rings (SSSR count). The van der Waals surface area contributed by atoms with Crippen molar-refractivity contribution < 1.29 is 19.1 Å². The van der Waals surface area contributed by atoms with Crippen molar-refractivity contribution in [3.63, 3.8) is 0 Å². The van der Waals surface area contributed by atoms with Crippen LogP contribution in [0.25, 0.3) is 0 Å². The van der Waals surface area contributed by atoms with Crippen molar-refractivity contribution >= 4 is 12.1 Å². The van der Waals surface area contributed by atoms with Gasteiger partial charge in [-0.15, -0.1) is 0 Å². The predicted molar refractivity (Wildman–Crippen MR) is 144 cm³/mol. The largest absolute Gasteiger partial charge is 0.457 e. The maximum Gasteiger partial charge on any atom is 0.410 e. The van der Waals surface area contributed by atoms with E-state index in [0.29, 0.717) is 19.5 Å². The zero-order valence-corrected chi connectivity index (χ0v) is 22.7. The van der Waals surface area contributed by atoms with E-state index in [0.717, 1.165) is 50.2 Å². The molecule has 1 fully saturated rings. The first-order chi connectivity index (χ1) is 17.8. The number of aromatic nitrogens is 2. The highest BCUT2D eigenvalue weighted by molar-refractivity contribution is 5.70. The molecule has 1 unspecified atom stereocenters. The van der Waals surface area contributed by atoms with E-state index < -0.39 is 6.10 Å². The number of likely N-dealkylation sites (N-methyl/N-ethyl adjacent to an activating group) is 1. The molecule has 1 saturated heterocycles. The molecule has 0 bridgehead atoms. The number of allylic oxidation sites excluding steroid dienone is 3. The molecule has 37 heavy (non-hydrogen) atoms. The molecule has 8 nitrogen and oxygen atoms in total. The van der Waals surface area contributed by atoms with Crippen molar-refractivity contribution in [3.8, 4) is 0 Å². The minimum absolute atomic E-state index is 0.0668. The molecule has 0 saturated carbocycles. The summed E-state index contributed by atoms with van der Waals surface area (Å²) in [5.41, 5.74) is 0.950. The van der Waals surface area contributed by atoms with E-state index in [2.05, 4.69) is 21.9 Å². The number of carbonyl (C=O) groups excluding carboxylic acids is 2. The summed E-state index contributed by atoms with van der Waals surface area (Å²) in [7, 11) is 2.06. The number of piperazine rings is 1. The number of hydrogen-bond acceptors (Lipinski definition) is 7. The van der Waals surface area contributed by atoms with Crippen LogP contribution in [0.5, 0.6) is 0 Å². The predicted octanol–water partition coefficient (Wildman–Crippen LogP) is 4.90. The second-order valence-electron chi connectivity index (χ2n) is 10.2. The number of carbonyl (C=O) groups is 2. The Kier molecular flexibility index (Phi) is 11.3. The minimum atomic E-state index is -0.398. The fraction of sp³-hybridized carbons (Fsp3) is 0.586. The number of amides is 1. The van der Waals surface area contributed by atoms with Crippen LogP contribution in [0.15, 0.2) is 54.4 Å². The quantitative estimate of drug-likeness (QED) is 0.316. The first-order valence-corrected chi connectivity index (χ1v) is 13.5. The summed E-state index contributed by atoms with van der Waals surface area (Å²) in [5, 5.41) is 0. The van der Waals surface area contributed by atoms with Crippen molar-refractivity contribution in [1.82, 2.24) is 19.8 Å². The summed E-state index contributed by atoms with van der Waals surface area (Å²) in [6.07, 6.45) is 16.2. The van der Waals surface area contributed by atoms with Crippen molar-refractivity contribution in [2.24, 2.45) is 5.92 Å². The highest BCUT2D eigenvalue weighted by Gasteiger charge is 2.25. The molecular weight excluding hydrogens is 468 g/mol. The lowest BCUT2D eigenvalue weighted by molar-refractivity contribution is -0.148. The molecule has 0 aromatic carbocycles. The summed E-state index contributed by atoms with van der Waals surface area (Å²) >= 11 is 0. The Hall–Kier alpha value is -3.00. The fourth-order valence-corrected chi connectivity index (χ4v) is 4.50. The number of ether oxygens (including phenoxy) is 2. The van der Waals surface area contributed by atoms with E-state index in [-0.39, 0.29) is 30.0 Å². The second-order valence-corrected chi connectivity index (χ2v) is 10.2. The van der Waals surface area contributed by atoms with Gasteiger partial charge in [-0.25, -0.2) is 14.8 Å². The molecule has 8 heteroatoms. The van der Waals surface area contributed by atoms with Gasteiger partial charge in [0, 0.05) is 56.8 Å². The van der Waals surface area contributed by atoms with Gasteiger partial charge in [0.05, 0.1) is 0 Å². The molecule has 0 radical (unpaired) electrons. The van der Waals surface area contributed by atoms with Crippen molar-refractivity contribution in [3.05, 3.63) is 60.2 Å². The number of rotatable bonds is 5. The minimum Gasteiger partial charge on any atom is -0.457 e. The molecule has 202 valence electrons. The number of cyclic esters (lactones) is 1. The lowest BCUT2D eigenvalue weighted by Crippen LogP contribution is -2.47. The van der Waals surface area contributed by atoms with E-state index in [1.807, 2.05) is 51.2 Å². The molecule has 1 amide bonds. The van der Waals surface area contributed by atoms with Crippen molar-refractivity contribution in [2.45, 2.75) is 71.0 Å². The van der Waals surface area contributed by atoms with E-state index in [1.54, 1.807) is 23.4 Å². The van der Waals surface area contributed by atoms with Crippen LogP contribution in [0.2, 0.25) is 0 Å². The highest BCUT2D eigenvalue weighted by Crippen LogP contribution is 2.23. The van der Waals surface area contributed by atoms with Crippen molar-refractivity contribution in [2.75, 3.05) is 33.2 Å². The summed E-state index contributed by atoms with van der Waals surface area (Å²) in [6.45, 7) is 9.14. The van der Waals surface area contributed by atoms with E-state index in [4.69, 9.17) is 9.47 Å². The van der Waals surface area contributed by atoms with Gasteiger partial charge >= 0.3 is 12.1 Å². The molecule has 3 heterocycles. The van der Waals surface area contributed by atoms with Gasteiger partial charge in [-0.05, 0) is 50.9 Å². The van der Waals surface area contributed by atoms with Gasteiger partial charge in [0.2, 0.25) is 0 Å². The van der Waals surface area contributed by atoms with Gasteiger partial charge in [-0.2, -0.15) is 0 Å². The van der Waals surface area contributed by atoms with Crippen LogP contribution in [0, 0.1) is 5.92 Å². The summed E-state index contributed by atoms with van der Waals surface area (Å²) in [6, 6.07) is 1.80. The van der Waals surface area contributed by atoms with Crippen LogP contribution in [-0.4, -0.2) is 77.3 Å². The normalized spacial score (nSPS) is 26.6. The fourth-order valence-electron chi connectivity index (χ4n) is 4.50. The molecule has 1 aromatic heterocycles. The molecule has 2 aliphatic heterocycles. The van der Waals surface area contributed by atoms with E-state index in [1.165, 1.54) is 0 Å². The zero-order chi connectivity index (χ0) is 26.6. The Morgan fingerprint density at radius 2 is 1.86 bits per heavy atom. The zero-order valence-electron chi connectivity index (χ0n) is 22.7. The molecule has 0 aliphatic carbocycles. The molecule has 4 atom stereocenters. The van der Waals surface area contributed by atoms with E-state index in [9.17, 15) is 9.59 Å². The first-order valence-electron chi connectivity index (χ1n) is 13.5. The maximum atomic E-state index is 12.8. The van der Waals surface area contributed by atoms with Crippen LogP contribution >= 0.6 is 0 Å². The Bertz CT molecular complexity index is 954. The van der Waals surface area contributed by atoms with Gasteiger partial charge < -0.3 is 19.3 Å². The Morgan fingerprint density at radius 3 is 2.59 bits per heavy atom. The molecular formula is C29H42N4O4. The van der Waals surface area contributed by atoms with Gasteiger partial charge in [0.15, 0.2) is 0 Å². The molecule has 0 spiro atoms. The van der Waals surface area contributed by atoms with Crippen molar-refractivity contribution in [1.29, 1.82) is 0 Å². The van der Waals surface area contributed by atoms with Crippen LogP contribution in [0.1, 0.15) is 64.6 Å². The summed E-state index contributed by atoms with van der Waals surface area (Å²) < 4.78 is 11.8. The lowest BCUT2D eigenvalue weighted by Gasteiger charge is -2.32. The topological polar surface area (TPSA) is 84.9 Å². The monoisotopic (exact) mass is 510 g/mol. The SMILES string of the molecule is C/C(=C\C=C\C(C)c1ncccn1)[C@H]1OC(=O)CCCCC[C@@H](OC(=O)N2CCN(C)CC2)/C=C/[C@@H]1C. The molecule has 2 aliphatic rings. The van der Waals surface area contributed by atoms with Crippen LogP contribution in [0.3, 0.4) is 0 Å². The third-order valence-electron chi connectivity index (χ3n) is 6.95. The number of nitrogens with zero attached hydrogens (tertiary/aromatic N) is 4. The van der Waals surface area contributed by atoms with Gasteiger partial charge in [-0.1, -0.05) is 44.6 Å². The first kappa shape index (κ1) is 28.6. The lowest BCUT2D eigenvalue weighted by atomic mass is 9.95. The summed E-state index contributed by atoms with van der Waals surface area (Å²) in [4.78, 5) is 37.9. The van der Waals surface area contributed by atoms with Gasteiger partial charge in [-0.3, -0.25) is 4.79 Å². The number of esters is 1. The Morgan fingerprint density at radius 1 is 1.14 bits per heavy atom. The van der Waals surface area contributed by atoms with Crippen LogP contribution in [-0.2, 0) is 14.3 Å². The maximum absolute atomic E-state index is 12.8. The molecule has 0 N–H and O–H groups in total. The Labute approximate surface area is 221 Å². The van der Waals surface area contributed by atoms with Crippen LogP contribution in [0.4, 0.5) is 4.79 Å². The van der Waals surface area contributed by atoms with E-state index >= 15 is 0 Å². The third-order valence-corrected chi connectivity index (χ3v) is 6.95. The molecule has 1 aromatic rings. The Balaban J connectivity index is 1.69. The second kappa shape index (κ2) is 14.7. The van der Waals surface area contributed by atoms with Crippen LogP contribution < -0.4 is 0 Å². The smallest absolute Gasteiger partial charge is 0.410 e. The highest BCUT2D eigenvalue weighted by atomic mass is 16.6. The van der Waals surface area contributed by atoms with Gasteiger partial charge in [0.1, 0.15) is 18.0 Å². The average molecular weight is 511 g/mol. The standard InChI is InChI=1S/C29H42N4O4/c1-22(10-8-11-24(3)28-30-16-9-17-31-28)27-23(2)14-15-25(12-6-5-7-13-26(34)37-27)36-29(35)33-20-18-32(4)19-21-33/h8-11,14-17,23-25,27H,5-7,12-13,18-21H2,1-4H3/b11-8+,15-14+,22-10+/t23-,24?,25+,27+/m0/s1. The third kappa shape index (κ3) is 9.43. The number of hydrogen-bond donors (Lipinski definition) is 0.